The van der Waals surface area contributed by atoms with Crippen LogP contribution in [0.15, 0.2) is 60.7 Å². The van der Waals surface area contributed by atoms with E-state index in [-0.39, 0.29) is 0 Å². The molecule has 1 aliphatic heterocycles. The Labute approximate surface area is 178 Å². The number of anilines is 1. The van der Waals surface area contributed by atoms with E-state index in [0.29, 0.717) is 5.88 Å². The van der Waals surface area contributed by atoms with E-state index in [1.54, 1.807) is 7.11 Å². The number of ether oxygens (including phenoxy) is 1. The van der Waals surface area contributed by atoms with Crippen molar-refractivity contribution in [3.8, 4) is 5.88 Å². The average Bonchev–Trinajstić information content (AvgIpc) is 3.34. The Balaban J connectivity index is 1.27. The minimum Gasteiger partial charge on any atom is -0.481 e. The number of allylic oxidation sites excluding steroid dienone is 2. The Bertz CT molecular complexity index is 1070. The summed E-state index contributed by atoms with van der Waals surface area (Å²) in [6.07, 6.45) is 6.17. The van der Waals surface area contributed by atoms with Gasteiger partial charge in [0, 0.05) is 44.2 Å². The van der Waals surface area contributed by atoms with Crippen LogP contribution in [-0.4, -0.2) is 43.2 Å². The van der Waals surface area contributed by atoms with E-state index >= 15 is 0 Å². The smallest absolute Gasteiger partial charge is 0.213 e. The van der Waals surface area contributed by atoms with Gasteiger partial charge >= 0.3 is 0 Å². The Morgan fingerprint density at radius 1 is 0.967 bits per heavy atom. The molecule has 2 aromatic carbocycles. The van der Waals surface area contributed by atoms with Gasteiger partial charge in [-0.2, -0.15) is 0 Å². The zero-order chi connectivity index (χ0) is 20.3. The SMILES string of the molecule is COc1ccc2cccc(N3CCN(Cc4cccc(C5=CCCC5)c4)CC3)c2n1. The molecule has 0 spiro atoms. The highest BCUT2D eigenvalue weighted by atomic mass is 16.5. The summed E-state index contributed by atoms with van der Waals surface area (Å²) in [7, 11) is 1.67. The second-order valence-corrected chi connectivity index (χ2v) is 8.29. The topological polar surface area (TPSA) is 28.6 Å². The predicted octanol–water partition coefficient (Wildman–Crippen LogP) is 5.13. The van der Waals surface area contributed by atoms with Gasteiger partial charge in [0.1, 0.15) is 0 Å². The standard InChI is InChI=1S/C26H29N3O/c1-30-25-13-12-22-9-5-11-24(26(22)27-25)29-16-14-28(15-17-29)19-20-6-4-10-23(18-20)21-7-2-3-8-21/h4-7,9-13,18H,2-3,8,14-17,19H2,1H3. The maximum Gasteiger partial charge on any atom is 0.213 e. The number of rotatable bonds is 5. The van der Waals surface area contributed by atoms with E-state index in [1.807, 2.05) is 6.07 Å². The van der Waals surface area contributed by atoms with E-state index in [1.165, 1.54) is 41.6 Å². The van der Waals surface area contributed by atoms with Crippen LogP contribution in [0.25, 0.3) is 16.5 Å². The average molecular weight is 400 g/mol. The second-order valence-electron chi connectivity index (χ2n) is 8.29. The number of para-hydroxylation sites is 1. The molecular formula is C26H29N3O. The normalized spacial score (nSPS) is 17.4. The van der Waals surface area contributed by atoms with Crippen LogP contribution in [0.4, 0.5) is 5.69 Å². The van der Waals surface area contributed by atoms with Crippen molar-refractivity contribution in [2.45, 2.75) is 25.8 Å². The summed E-state index contributed by atoms with van der Waals surface area (Å²) in [6, 6.07) is 19.6. The van der Waals surface area contributed by atoms with Gasteiger partial charge in [-0.3, -0.25) is 4.90 Å². The fraction of sp³-hybridized carbons (Fsp3) is 0.346. The van der Waals surface area contributed by atoms with Gasteiger partial charge in [-0.15, -0.1) is 0 Å². The first-order valence-corrected chi connectivity index (χ1v) is 11.0. The zero-order valence-electron chi connectivity index (χ0n) is 17.7. The highest BCUT2D eigenvalue weighted by Gasteiger charge is 2.20. The molecular weight excluding hydrogens is 370 g/mol. The first kappa shape index (κ1) is 19.1. The first-order valence-electron chi connectivity index (χ1n) is 11.0. The molecule has 0 saturated carbocycles. The molecule has 2 aliphatic rings. The zero-order valence-corrected chi connectivity index (χ0v) is 17.7. The van der Waals surface area contributed by atoms with E-state index in [2.05, 4.69) is 64.4 Å². The molecule has 0 N–H and O–H groups in total. The number of benzene rings is 2. The van der Waals surface area contributed by atoms with Crippen LogP contribution in [0.3, 0.4) is 0 Å². The largest absolute Gasteiger partial charge is 0.481 e. The molecule has 30 heavy (non-hydrogen) atoms. The lowest BCUT2D eigenvalue weighted by atomic mass is 10.0. The monoisotopic (exact) mass is 399 g/mol. The highest BCUT2D eigenvalue weighted by molar-refractivity contribution is 5.91. The molecule has 1 aromatic heterocycles. The van der Waals surface area contributed by atoms with E-state index in [9.17, 15) is 0 Å². The van der Waals surface area contributed by atoms with Crippen molar-refractivity contribution in [2.24, 2.45) is 0 Å². The van der Waals surface area contributed by atoms with Crippen molar-refractivity contribution in [1.82, 2.24) is 9.88 Å². The number of nitrogens with zero attached hydrogens (tertiary/aromatic N) is 3. The summed E-state index contributed by atoms with van der Waals surface area (Å²) in [5, 5.41) is 1.16. The number of hydrogen-bond donors (Lipinski definition) is 0. The van der Waals surface area contributed by atoms with Crippen molar-refractivity contribution in [2.75, 3.05) is 38.2 Å². The second kappa shape index (κ2) is 8.49. The molecule has 4 heteroatoms. The van der Waals surface area contributed by atoms with E-state index in [0.717, 1.165) is 43.6 Å². The number of aromatic nitrogens is 1. The molecule has 4 nitrogen and oxygen atoms in total. The number of methoxy groups -OCH3 is 1. The van der Waals surface area contributed by atoms with E-state index < -0.39 is 0 Å². The number of hydrogen-bond acceptors (Lipinski definition) is 4. The molecule has 0 unspecified atom stereocenters. The summed E-state index contributed by atoms with van der Waals surface area (Å²) in [5.74, 6) is 0.672. The Hall–Kier alpha value is -2.85. The third-order valence-electron chi connectivity index (χ3n) is 6.34. The molecule has 1 fully saturated rings. The van der Waals surface area contributed by atoms with Gasteiger partial charge < -0.3 is 9.64 Å². The fourth-order valence-electron chi connectivity index (χ4n) is 4.69. The molecule has 0 amide bonds. The van der Waals surface area contributed by atoms with Crippen molar-refractivity contribution >= 4 is 22.2 Å². The Kier molecular flexibility index (Phi) is 5.41. The van der Waals surface area contributed by atoms with Gasteiger partial charge in [0.15, 0.2) is 0 Å². The van der Waals surface area contributed by atoms with Crippen molar-refractivity contribution in [3.63, 3.8) is 0 Å². The van der Waals surface area contributed by atoms with Crippen molar-refractivity contribution < 1.29 is 4.74 Å². The predicted molar refractivity (Wildman–Crippen MR) is 124 cm³/mol. The lowest BCUT2D eigenvalue weighted by molar-refractivity contribution is 0.250. The quantitative estimate of drug-likeness (QED) is 0.594. The van der Waals surface area contributed by atoms with Gasteiger partial charge in [0.2, 0.25) is 5.88 Å². The molecule has 0 atom stereocenters. The third kappa shape index (κ3) is 3.92. The van der Waals surface area contributed by atoms with Crippen LogP contribution in [-0.2, 0) is 6.54 Å². The molecule has 5 rings (SSSR count). The Morgan fingerprint density at radius 3 is 2.63 bits per heavy atom. The number of piperazine rings is 1. The van der Waals surface area contributed by atoms with Gasteiger partial charge in [0.05, 0.1) is 18.3 Å². The van der Waals surface area contributed by atoms with E-state index in [4.69, 9.17) is 9.72 Å². The van der Waals surface area contributed by atoms with Crippen LogP contribution in [0.1, 0.15) is 30.4 Å². The first-order chi connectivity index (χ1) is 14.8. The lowest BCUT2D eigenvalue weighted by Gasteiger charge is -2.36. The molecule has 1 saturated heterocycles. The van der Waals surface area contributed by atoms with Crippen LogP contribution in [0.5, 0.6) is 5.88 Å². The molecule has 2 heterocycles. The Morgan fingerprint density at radius 2 is 1.83 bits per heavy atom. The van der Waals surface area contributed by atoms with Crippen LogP contribution < -0.4 is 9.64 Å². The van der Waals surface area contributed by atoms with Gasteiger partial charge in [0.25, 0.3) is 0 Å². The van der Waals surface area contributed by atoms with Gasteiger partial charge in [-0.05, 0) is 48.1 Å². The summed E-state index contributed by atoms with van der Waals surface area (Å²) >= 11 is 0. The maximum atomic E-state index is 5.35. The minimum absolute atomic E-state index is 0.672. The molecule has 154 valence electrons. The number of pyridine rings is 1. The molecule has 0 radical (unpaired) electrons. The lowest BCUT2D eigenvalue weighted by Crippen LogP contribution is -2.46. The van der Waals surface area contributed by atoms with Gasteiger partial charge in [-0.25, -0.2) is 4.98 Å². The summed E-state index contributed by atoms with van der Waals surface area (Å²) in [5.41, 5.74) is 6.61. The van der Waals surface area contributed by atoms with Crippen LogP contribution in [0.2, 0.25) is 0 Å². The summed E-state index contributed by atoms with van der Waals surface area (Å²) in [4.78, 5) is 9.75. The molecule has 3 aromatic rings. The van der Waals surface area contributed by atoms with Crippen molar-refractivity contribution in [1.29, 1.82) is 0 Å². The molecule has 0 bridgehead atoms. The maximum absolute atomic E-state index is 5.35. The fourth-order valence-corrected chi connectivity index (χ4v) is 4.69. The third-order valence-corrected chi connectivity index (χ3v) is 6.34. The summed E-state index contributed by atoms with van der Waals surface area (Å²) < 4.78 is 5.35. The van der Waals surface area contributed by atoms with Crippen molar-refractivity contribution in [3.05, 3.63) is 71.8 Å². The highest BCUT2D eigenvalue weighted by Crippen LogP contribution is 2.30. The van der Waals surface area contributed by atoms with Crippen LogP contribution >= 0.6 is 0 Å². The van der Waals surface area contributed by atoms with Crippen LogP contribution in [0, 0.1) is 0 Å². The minimum atomic E-state index is 0.672. The van der Waals surface area contributed by atoms with Gasteiger partial charge in [-0.1, -0.05) is 42.5 Å². The number of fused-ring (bicyclic) bond motifs is 1. The summed E-state index contributed by atoms with van der Waals surface area (Å²) in [6.45, 7) is 5.18. The molecule has 1 aliphatic carbocycles.